The highest BCUT2D eigenvalue weighted by Gasteiger charge is 2.54. The normalized spacial score (nSPS) is 20.3. The molecule has 14 heteroatoms. The van der Waals surface area contributed by atoms with Crippen molar-refractivity contribution in [3.63, 3.8) is 0 Å². The van der Waals surface area contributed by atoms with Gasteiger partial charge in [-0.25, -0.2) is 9.78 Å². The van der Waals surface area contributed by atoms with Crippen LogP contribution in [0.5, 0.6) is 0 Å². The van der Waals surface area contributed by atoms with E-state index in [1.54, 1.807) is 23.9 Å². The van der Waals surface area contributed by atoms with Gasteiger partial charge in [-0.05, 0) is 107 Å². The van der Waals surface area contributed by atoms with Crippen LogP contribution in [-0.2, 0) is 15.7 Å². The summed E-state index contributed by atoms with van der Waals surface area (Å²) in [6.45, 7) is 20.3. The summed E-state index contributed by atoms with van der Waals surface area (Å²) in [5.41, 5.74) is 2.86. The monoisotopic (exact) mass is 865 g/mol. The number of fused-ring (bicyclic) bond motifs is 1. The highest BCUT2D eigenvalue weighted by Crippen LogP contribution is 2.56. The number of halogens is 2. The summed E-state index contributed by atoms with van der Waals surface area (Å²) in [6, 6.07) is 17.3. The average Bonchev–Trinajstić information content (AvgIpc) is 3.58. The number of nitrogens with zero attached hydrogens (tertiary/aromatic N) is 4. The molecule has 9 nitrogen and oxygen atoms in total. The zero-order chi connectivity index (χ0) is 36.6. The highest BCUT2D eigenvalue weighted by molar-refractivity contribution is 14.1. The largest absolute Gasteiger partial charge is 0.461 e. The maximum Gasteiger partial charge on any atom is 0.338 e. The number of carbonyl (C=O) groups is 1. The molecule has 0 radical (unpaired) electrons. The van der Waals surface area contributed by atoms with Gasteiger partial charge in [-0.15, -0.1) is 11.8 Å². The van der Waals surface area contributed by atoms with Crippen molar-refractivity contribution in [3.8, 4) is 0 Å². The second-order valence-corrected chi connectivity index (χ2v) is 28.0. The van der Waals surface area contributed by atoms with E-state index in [9.17, 15) is 9.59 Å². The van der Waals surface area contributed by atoms with E-state index in [0.29, 0.717) is 35.5 Å². The maximum atomic E-state index is 13.2. The fourth-order valence-corrected chi connectivity index (χ4v) is 10.4. The Morgan fingerprint density at radius 1 is 1.06 bits per heavy atom. The lowest BCUT2D eigenvalue weighted by atomic mass is 9.89. The molecular weight excluding hydrogens is 817 g/mol. The first-order valence-corrected chi connectivity index (χ1v) is 25.2. The van der Waals surface area contributed by atoms with Crippen molar-refractivity contribution in [2.24, 2.45) is 5.92 Å². The van der Waals surface area contributed by atoms with Crippen molar-refractivity contribution in [3.05, 3.63) is 80.9 Å². The molecule has 0 saturated carbocycles. The fourth-order valence-electron chi connectivity index (χ4n) is 5.79. The molecule has 4 aromatic rings. The Hall–Kier alpha value is -2.02. The molecule has 270 valence electrons. The molecule has 0 spiro atoms. The van der Waals surface area contributed by atoms with Crippen LogP contribution in [0.25, 0.3) is 11.2 Å². The Morgan fingerprint density at radius 2 is 1.76 bits per heavy atom. The maximum absolute atomic E-state index is 13.2. The number of benzene rings is 2. The number of rotatable bonds is 12. The molecule has 1 saturated heterocycles. The molecule has 3 heterocycles. The van der Waals surface area contributed by atoms with Crippen LogP contribution in [0, 0.1) is 9.49 Å². The van der Waals surface area contributed by atoms with E-state index in [0.717, 1.165) is 9.13 Å². The zero-order valence-electron chi connectivity index (χ0n) is 30.3. The first kappa shape index (κ1) is 39.2. The number of imidazole rings is 1. The van der Waals surface area contributed by atoms with Crippen LogP contribution in [0.3, 0.4) is 0 Å². The van der Waals surface area contributed by atoms with E-state index in [-0.39, 0.29) is 50.6 Å². The number of anilines is 1. The number of esters is 1. The van der Waals surface area contributed by atoms with E-state index in [2.05, 4.69) is 103 Å². The third kappa shape index (κ3) is 8.77. The molecular formula is C36H49ClIN5O4SSi2. The molecule has 4 unspecified atom stereocenters. The smallest absolute Gasteiger partial charge is 0.338 e. The number of nitrogens with one attached hydrogen (secondary N) is 1. The molecule has 50 heavy (non-hydrogen) atoms. The van der Waals surface area contributed by atoms with Crippen LogP contribution < -0.4 is 5.32 Å². The van der Waals surface area contributed by atoms with Crippen molar-refractivity contribution < 1.29 is 18.8 Å². The summed E-state index contributed by atoms with van der Waals surface area (Å²) < 4.78 is 16.6. The van der Waals surface area contributed by atoms with E-state index in [1.807, 2.05) is 43.7 Å². The summed E-state index contributed by atoms with van der Waals surface area (Å²) in [7, 11) is -4.95. The Kier molecular flexibility index (Phi) is 11.9. The zero-order valence-corrected chi connectivity index (χ0v) is 36.1. The number of aromatic nitrogens is 4. The summed E-state index contributed by atoms with van der Waals surface area (Å²) in [6.07, 6.45) is 2.24. The van der Waals surface area contributed by atoms with Crippen molar-refractivity contribution in [1.29, 1.82) is 0 Å². The minimum atomic E-state index is -2.63. The van der Waals surface area contributed by atoms with Gasteiger partial charge in [0.2, 0.25) is 5.28 Å². The molecule has 1 aliphatic heterocycles. The van der Waals surface area contributed by atoms with E-state index >= 15 is 0 Å². The number of hydrogen-bond acceptors (Lipinski definition) is 9. The average molecular weight is 866 g/mol. The van der Waals surface area contributed by atoms with Gasteiger partial charge in [0.05, 0.1) is 28.6 Å². The van der Waals surface area contributed by atoms with Gasteiger partial charge < -0.3 is 23.8 Å². The van der Waals surface area contributed by atoms with Gasteiger partial charge in [-0.1, -0.05) is 65.0 Å². The molecule has 0 bridgehead atoms. The van der Waals surface area contributed by atoms with Crippen LogP contribution in [0.2, 0.25) is 41.5 Å². The van der Waals surface area contributed by atoms with Crippen molar-refractivity contribution >= 4 is 85.5 Å². The van der Waals surface area contributed by atoms with Crippen LogP contribution in [0.1, 0.15) is 62.3 Å². The third-order valence-corrected chi connectivity index (χ3v) is 21.0. The lowest BCUT2D eigenvalue weighted by Gasteiger charge is -2.44. The molecule has 1 fully saturated rings. The predicted molar refractivity (Wildman–Crippen MR) is 218 cm³/mol. The summed E-state index contributed by atoms with van der Waals surface area (Å²) in [5, 5.41) is 2.77. The number of thioether (sulfide) groups is 1. The quantitative estimate of drug-likeness (QED) is 0.0623. The van der Waals surface area contributed by atoms with E-state index < -0.39 is 16.6 Å². The standard InChI is InChI=1S/C36H49ClIN5O4SSi2/c1-35(2,3)50(8,9)47-29-26(19-36(4,5)49(6,7)45)32(48-27(29)21-46-33(44)24-15-11-10-12-16-24)43-22-40-28-30(41-34(37)42-31(28)43)39-20-23-14-13-17-25(38)18-23/h10-18,22,26-27,29,32,45H,19-21H2,1-9H3,(H,39,41,42). The van der Waals surface area contributed by atoms with Gasteiger partial charge in [0.25, 0.3) is 0 Å². The number of ether oxygens (including phenoxy) is 1. The molecule has 5 rings (SSSR count). The van der Waals surface area contributed by atoms with E-state index in [4.69, 9.17) is 30.7 Å². The lowest BCUT2D eigenvalue weighted by Crippen LogP contribution is -2.49. The molecule has 2 N–H and O–H groups in total. The molecule has 1 aliphatic rings. The van der Waals surface area contributed by atoms with Crippen molar-refractivity contribution in [1.82, 2.24) is 19.5 Å². The number of hydrogen-bond donors (Lipinski definition) is 2. The van der Waals surface area contributed by atoms with Crippen LogP contribution in [0.4, 0.5) is 5.82 Å². The van der Waals surface area contributed by atoms with Crippen LogP contribution >= 0.6 is 46.0 Å². The Labute approximate surface area is 321 Å². The Morgan fingerprint density at radius 3 is 2.40 bits per heavy atom. The summed E-state index contributed by atoms with van der Waals surface area (Å²) in [4.78, 5) is 38.8. The Bertz CT molecular complexity index is 1820. The molecule has 0 aliphatic carbocycles. The molecule has 2 aromatic carbocycles. The minimum absolute atomic E-state index is 0.0497. The van der Waals surface area contributed by atoms with Crippen molar-refractivity contribution in [2.45, 2.75) is 101 Å². The second kappa shape index (κ2) is 15.1. The number of carbonyl (C=O) groups excluding carboxylic acids is 1. The van der Waals surface area contributed by atoms with Gasteiger partial charge in [-0.3, -0.25) is 0 Å². The first-order valence-electron chi connectivity index (χ1n) is 16.9. The second-order valence-electron chi connectivity index (χ2n) is 15.8. The highest BCUT2D eigenvalue weighted by atomic mass is 127. The van der Waals surface area contributed by atoms with Crippen molar-refractivity contribution in [2.75, 3.05) is 11.9 Å². The van der Waals surface area contributed by atoms with Gasteiger partial charge >= 0.3 is 5.97 Å². The van der Waals surface area contributed by atoms with Crippen LogP contribution in [0.15, 0.2) is 60.9 Å². The molecule has 2 aromatic heterocycles. The SMILES string of the molecule is CC(C)(CC1C(O[Si](C)(C)C(C)(C)C)C(COC(=O)c2ccccc2)SC1n1cnc2c(NCc3cccc(I)c3)nc(Cl)nc21)[Si](C)(C)O. The van der Waals surface area contributed by atoms with Gasteiger partial charge in [-0.2, -0.15) is 9.97 Å². The van der Waals surface area contributed by atoms with Gasteiger partial charge in [0.1, 0.15) is 6.61 Å². The summed E-state index contributed by atoms with van der Waals surface area (Å²) in [5.74, 6) is 0.124. The first-order chi connectivity index (χ1) is 23.3. The molecule has 0 amide bonds. The summed E-state index contributed by atoms with van der Waals surface area (Å²) >= 11 is 10.6. The predicted octanol–water partition coefficient (Wildman–Crippen LogP) is 9.54. The third-order valence-electron chi connectivity index (χ3n) is 10.5. The lowest BCUT2D eigenvalue weighted by molar-refractivity contribution is 0.0398. The topological polar surface area (TPSA) is 111 Å². The van der Waals surface area contributed by atoms with Crippen LogP contribution in [-0.4, -0.2) is 64.9 Å². The molecule has 4 atom stereocenters. The Balaban J connectivity index is 1.56. The minimum Gasteiger partial charge on any atom is -0.461 e. The van der Waals surface area contributed by atoms with Gasteiger partial charge in [0.15, 0.2) is 33.6 Å². The van der Waals surface area contributed by atoms with E-state index in [1.165, 1.54) is 0 Å². The fraction of sp³-hybridized carbons (Fsp3) is 0.500. The van der Waals surface area contributed by atoms with Gasteiger partial charge in [0, 0.05) is 16.0 Å².